The van der Waals surface area contributed by atoms with Crippen molar-refractivity contribution in [3.63, 3.8) is 0 Å². The molecule has 0 aliphatic heterocycles. The first-order valence-corrected chi connectivity index (χ1v) is 8.06. The molecule has 4 nitrogen and oxygen atoms in total. The average Bonchev–Trinajstić information content (AvgIpc) is 2.36. The number of hydrogen-bond acceptors (Lipinski definition) is 6. The van der Waals surface area contributed by atoms with Gasteiger partial charge in [-0.3, -0.25) is 0 Å². The molecule has 0 aromatic carbocycles. The number of aliphatic hydroxyl groups is 4. The second kappa shape index (κ2) is 10.5. The first-order valence-electron chi connectivity index (χ1n) is 5.96. The molecule has 0 amide bonds. The van der Waals surface area contributed by atoms with Crippen LogP contribution in [0.3, 0.4) is 0 Å². The Labute approximate surface area is 112 Å². The third-order valence-electron chi connectivity index (χ3n) is 2.18. The molecule has 0 spiro atoms. The molecule has 0 fully saturated rings. The highest BCUT2D eigenvalue weighted by atomic mass is 32.2. The minimum Gasteiger partial charge on any atom is -0.394 e. The molecule has 4 N–H and O–H groups in total. The van der Waals surface area contributed by atoms with E-state index in [1.165, 1.54) is 0 Å². The van der Waals surface area contributed by atoms with Crippen LogP contribution in [-0.4, -0.2) is 61.4 Å². The van der Waals surface area contributed by atoms with E-state index >= 15 is 0 Å². The molecular formula is C11H24O4S2. The molecule has 0 aliphatic rings. The van der Waals surface area contributed by atoms with Gasteiger partial charge >= 0.3 is 0 Å². The Kier molecular flexibility index (Phi) is 10.8. The lowest BCUT2D eigenvalue weighted by atomic mass is 10.1. The van der Waals surface area contributed by atoms with Crippen LogP contribution in [0.1, 0.15) is 26.7 Å². The van der Waals surface area contributed by atoms with Crippen LogP contribution in [0.15, 0.2) is 0 Å². The van der Waals surface area contributed by atoms with E-state index in [0.29, 0.717) is 0 Å². The first-order chi connectivity index (χ1) is 8.08. The van der Waals surface area contributed by atoms with Gasteiger partial charge in [0.25, 0.3) is 0 Å². The summed E-state index contributed by atoms with van der Waals surface area (Å²) in [6.07, 6.45) is -1.60. The second-order valence-electron chi connectivity index (χ2n) is 3.84. The maximum absolute atomic E-state index is 9.97. The first kappa shape index (κ1) is 17.5. The zero-order valence-electron chi connectivity index (χ0n) is 10.5. The largest absolute Gasteiger partial charge is 0.394 e. The van der Waals surface area contributed by atoms with Gasteiger partial charge in [-0.25, -0.2) is 0 Å². The Balaban J connectivity index is 4.32. The van der Waals surface area contributed by atoms with Crippen LogP contribution in [0.25, 0.3) is 0 Å². The number of aliphatic hydroxyl groups excluding tert-OH is 4. The highest BCUT2D eigenvalue weighted by Crippen LogP contribution is 2.30. The topological polar surface area (TPSA) is 80.9 Å². The van der Waals surface area contributed by atoms with Gasteiger partial charge in [0.1, 0.15) is 18.3 Å². The molecule has 0 bridgehead atoms. The SMILES string of the molecule is CCCSC(SCCC)[C@H](O)[C@H](O)[C@H](O)CO. The Morgan fingerprint density at radius 2 is 1.35 bits per heavy atom. The van der Waals surface area contributed by atoms with Crippen molar-refractivity contribution in [2.45, 2.75) is 49.6 Å². The van der Waals surface area contributed by atoms with Crippen molar-refractivity contribution < 1.29 is 20.4 Å². The molecule has 17 heavy (non-hydrogen) atoms. The summed E-state index contributed by atoms with van der Waals surface area (Å²) in [4.78, 5) is 0. The Hall–Kier alpha value is 0.540. The van der Waals surface area contributed by atoms with E-state index in [4.69, 9.17) is 5.11 Å². The average molecular weight is 284 g/mol. The van der Waals surface area contributed by atoms with Crippen LogP contribution in [-0.2, 0) is 0 Å². The van der Waals surface area contributed by atoms with Crippen molar-refractivity contribution in [1.82, 2.24) is 0 Å². The van der Waals surface area contributed by atoms with Crippen LogP contribution < -0.4 is 0 Å². The molecule has 0 saturated heterocycles. The molecule has 0 heterocycles. The highest BCUT2D eigenvalue weighted by Gasteiger charge is 2.31. The predicted molar refractivity (Wildman–Crippen MR) is 74.4 cm³/mol. The van der Waals surface area contributed by atoms with E-state index in [1.807, 2.05) is 0 Å². The van der Waals surface area contributed by atoms with Gasteiger partial charge in [-0.2, -0.15) is 0 Å². The molecular weight excluding hydrogens is 260 g/mol. The lowest BCUT2D eigenvalue weighted by molar-refractivity contribution is -0.0706. The minimum atomic E-state index is -1.29. The van der Waals surface area contributed by atoms with Crippen molar-refractivity contribution >= 4 is 23.5 Å². The molecule has 6 heteroatoms. The molecule has 0 aromatic rings. The summed E-state index contributed by atoms with van der Waals surface area (Å²) in [6, 6.07) is 0. The van der Waals surface area contributed by atoms with Crippen LogP contribution >= 0.6 is 23.5 Å². The van der Waals surface area contributed by atoms with Gasteiger partial charge in [0.05, 0.1) is 11.2 Å². The zero-order chi connectivity index (χ0) is 13.3. The smallest absolute Gasteiger partial charge is 0.110 e. The Morgan fingerprint density at radius 3 is 1.71 bits per heavy atom. The van der Waals surface area contributed by atoms with Gasteiger partial charge in [-0.1, -0.05) is 13.8 Å². The second-order valence-corrected chi connectivity index (χ2v) is 6.64. The number of hydrogen-bond donors (Lipinski definition) is 4. The summed E-state index contributed by atoms with van der Waals surface area (Å²) in [5, 5.41) is 37.7. The minimum absolute atomic E-state index is 0.161. The summed E-state index contributed by atoms with van der Waals surface area (Å²) < 4.78 is -0.161. The number of thioether (sulfide) groups is 2. The van der Waals surface area contributed by atoms with Crippen molar-refractivity contribution in [3.05, 3.63) is 0 Å². The third kappa shape index (κ3) is 6.88. The molecule has 0 saturated carbocycles. The monoisotopic (exact) mass is 284 g/mol. The van der Waals surface area contributed by atoms with Crippen molar-refractivity contribution in [2.75, 3.05) is 18.1 Å². The van der Waals surface area contributed by atoms with Gasteiger partial charge in [-0.15, -0.1) is 23.5 Å². The van der Waals surface area contributed by atoms with Crippen LogP contribution in [0.4, 0.5) is 0 Å². The maximum atomic E-state index is 9.97. The van der Waals surface area contributed by atoms with Crippen molar-refractivity contribution in [2.24, 2.45) is 0 Å². The standard InChI is InChI=1S/C11H24O4S2/c1-3-5-16-11(17-6-4-2)10(15)9(14)8(13)7-12/h8-15H,3-7H2,1-2H3/t8-,9-,10-/m1/s1. The maximum Gasteiger partial charge on any atom is 0.110 e. The predicted octanol–water partition coefficient (Wildman–Crippen LogP) is 0.674. The fourth-order valence-corrected chi connectivity index (χ4v) is 3.82. The van der Waals surface area contributed by atoms with E-state index in [9.17, 15) is 15.3 Å². The summed E-state index contributed by atoms with van der Waals surface area (Å²) in [5.74, 6) is 1.81. The molecule has 3 atom stereocenters. The van der Waals surface area contributed by atoms with Gasteiger partial charge in [-0.05, 0) is 24.3 Å². The molecule has 0 unspecified atom stereocenters. The van der Waals surface area contributed by atoms with Crippen molar-refractivity contribution in [1.29, 1.82) is 0 Å². The lowest BCUT2D eigenvalue weighted by Gasteiger charge is -2.28. The summed E-state index contributed by atoms with van der Waals surface area (Å²) in [7, 11) is 0. The highest BCUT2D eigenvalue weighted by molar-refractivity contribution is 8.17. The van der Waals surface area contributed by atoms with E-state index in [-0.39, 0.29) is 4.58 Å². The van der Waals surface area contributed by atoms with Crippen LogP contribution in [0.2, 0.25) is 0 Å². The van der Waals surface area contributed by atoms with Crippen LogP contribution in [0.5, 0.6) is 0 Å². The summed E-state index contributed by atoms with van der Waals surface area (Å²) in [5.41, 5.74) is 0. The Bertz CT molecular complexity index is 175. The van der Waals surface area contributed by atoms with Gasteiger partial charge < -0.3 is 20.4 Å². The van der Waals surface area contributed by atoms with E-state index in [0.717, 1.165) is 24.3 Å². The fourth-order valence-electron chi connectivity index (χ4n) is 1.21. The molecule has 0 aliphatic carbocycles. The molecule has 0 aromatic heterocycles. The quantitative estimate of drug-likeness (QED) is 0.442. The normalized spacial score (nSPS) is 17.1. The van der Waals surface area contributed by atoms with Gasteiger partial charge in [0.15, 0.2) is 0 Å². The van der Waals surface area contributed by atoms with Gasteiger partial charge in [0.2, 0.25) is 0 Å². The molecule has 0 rings (SSSR count). The molecule has 104 valence electrons. The zero-order valence-corrected chi connectivity index (χ0v) is 12.1. The summed E-state index contributed by atoms with van der Waals surface area (Å²) in [6.45, 7) is 3.57. The van der Waals surface area contributed by atoms with E-state index in [2.05, 4.69) is 13.8 Å². The Morgan fingerprint density at radius 1 is 0.882 bits per heavy atom. The van der Waals surface area contributed by atoms with Crippen molar-refractivity contribution in [3.8, 4) is 0 Å². The third-order valence-corrected chi connectivity index (χ3v) is 5.50. The van der Waals surface area contributed by atoms with Crippen LogP contribution in [0, 0.1) is 0 Å². The van der Waals surface area contributed by atoms with E-state index < -0.39 is 24.9 Å². The molecule has 0 radical (unpaired) electrons. The summed E-state index contributed by atoms with van der Waals surface area (Å²) >= 11 is 3.17. The fraction of sp³-hybridized carbons (Fsp3) is 1.00. The number of rotatable bonds is 10. The van der Waals surface area contributed by atoms with Gasteiger partial charge in [0, 0.05) is 0 Å². The van der Waals surface area contributed by atoms with E-state index in [1.54, 1.807) is 23.5 Å². The lowest BCUT2D eigenvalue weighted by Crippen LogP contribution is -2.44.